The zero-order valence-corrected chi connectivity index (χ0v) is 39.5. The summed E-state index contributed by atoms with van der Waals surface area (Å²) in [4.78, 5) is 33.6. The number of phosphoric ester groups is 1. The first-order valence-electron chi connectivity index (χ1n) is 25.1. The average Bonchev–Trinajstić information content (AvgIpc) is 3.21. The van der Waals surface area contributed by atoms with Gasteiger partial charge < -0.3 is 25.2 Å². The molecule has 0 rings (SSSR count). The lowest BCUT2D eigenvalue weighted by Gasteiger charge is -2.20. The number of carboxylic acid groups (broad SMARTS) is 1. The van der Waals surface area contributed by atoms with E-state index in [9.17, 15) is 19.0 Å². The van der Waals surface area contributed by atoms with Crippen molar-refractivity contribution in [2.24, 2.45) is 5.73 Å². The summed E-state index contributed by atoms with van der Waals surface area (Å²) in [6.45, 7) is 3.95. The van der Waals surface area contributed by atoms with Gasteiger partial charge in [0, 0.05) is 13.0 Å². The highest BCUT2D eigenvalue weighted by molar-refractivity contribution is 7.47. The number of hydrogen-bond donors (Lipinski definition) is 3. The maximum Gasteiger partial charge on any atom is 0.472 e. The lowest BCUT2D eigenvalue weighted by Crippen LogP contribution is -2.34. The average molecular weight is 862 g/mol. The van der Waals surface area contributed by atoms with Crippen molar-refractivity contribution < 1.29 is 42.7 Å². The van der Waals surface area contributed by atoms with Crippen molar-refractivity contribution in [1.29, 1.82) is 0 Å². The van der Waals surface area contributed by atoms with Gasteiger partial charge in [0.15, 0.2) is 0 Å². The molecule has 0 heterocycles. The van der Waals surface area contributed by atoms with Crippen molar-refractivity contribution in [3.8, 4) is 0 Å². The summed E-state index contributed by atoms with van der Waals surface area (Å²) in [6, 6.07) is -1.47. The molecule has 0 fully saturated rings. The molecular formula is C48H96NO9P. The Morgan fingerprint density at radius 1 is 0.475 bits per heavy atom. The van der Waals surface area contributed by atoms with Crippen LogP contribution in [0.25, 0.3) is 0 Å². The van der Waals surface area contributed by atoms with E-state index in [1.54, 1.807) is 0 Å². The lowest BCUT2D eigenvalue weighted by molar-refractivity contribution is -0.154. The van der Waals surface area contributed by atoms with Crippen molar-refractivity contribution >= 4 is 19.8 Å². The van der Waals surface area contributed by atoms with Crippen LogP contribution in [0.15, 0.2) is 0 Å². The molecule has 3 atom stereocenters. The number of esters is 1. The summed E-state index contributed by atoms with van der Waals surface area (Å²) < 4.78 is 33.5. The van der Waals surface area contributed by atoms with Crippen molar-refractivity contribution in [3.63, 3.8) is 0 Å². The van der Waals surface area contributed by atoms with Crippen LogP contribution in [0.1, 0.15) is 258 Å². The van der Waals surface area contributed by atoms with Crippen LogP contribution in [0, 0.1) is 0 Å². The van der Waals surface area contributed by atoms with Crippen molar-refractivity contribution in [2.45, 2.75) is 270 Å². The van der Waals surface area contributed by atoms with Crippen molar-refractivity contribution in [3.05, 3.63) is 0 Å². The largest absolute Gasteiger partial charge is 0.480 e. The molecule has 11 heteroatoms. The number of carbonyl (C=O) groups excluding carboxylic acids is 1. The number of carboxylic acids is 1. The first kappa shape index (κ1) is 58.0. The molecule has 0 saturated heterocycles. The maximum atomic E-state index is 12.7. The van der Waals surface area contributed by atoms with Crippen LogP contribution in [0.3, 0.4) is 0 Å². The molecule has 0 aromatic rings. The molecule has 0 aliphatic heterocycles. The highest BCUT2D eigenvalue weighted by atomic mass is 31.2. The van der Waals surface area contributed by atoms with Gasteiger partial charge in [0.1, 0.15) is 12.1 Å². The van der Waals surface area contributed by atoms with Gasteiger partial charge in [0.2, 0.25) is 0 Å². The van der Waals surface area contributed by atoms with E-state index in [4.69, 9.17) is 29.4 Å². The van der Waals surface area contributed by atoms with E-state index in [1.165, 1.54) is 199 Å². The van der Waals surface area contributed by atoms with Gasteiger partial charge in [-0.2, -0.15) is 0 Å². The molecule has 0 aliphatic carbocycles. The molecule has 0 radical (unpaired) electrons. The minimum Gasteiger partial charge on any atom is -0.480 e. The molecule has 0 aliphatic rings. The summed E-state index contributed by atoms with van der Waals surface area (Å²) in [5.41, 5.74) is 5.37. The number of nitrogens with two attached hydrogens (primary N) is 1. The summed E-state index contributed by atoms with van der Waals surface area (Å²) in [5, 5.41) is 8.91. The number of unbranched alkanes of at least 4 members (excludes halogenated alkanes) is 35. The SMILES string of the molecule is CCCCCCCCCCCCCCCCCCCCCCCCCOCC(COP(=O)(O)OCC(N)C(=O)O)OC(=O)CCCCCCCCCCCCCCCC. The van der Waals surface area contributed by atoms with E-state index in [-0.39, 0.29) is 13.0 Å². The second-order valence-corrected chi connectivity index (χ2v) is 18.8. The van der Waals surface area contributed by atoms with Gasteiger partial charge in [0.25, 0.3) is 0 Å². The Hall–Kier alpha value is -1.03. The number of hydrogen-bond acceptors (Lipinski definition) is 8. The highest BCUT2D eigenvalue weighted by Crippen LogP contribution is 2.43. The third-order valence-corrected chi connectivity index (χ3v) is 12.3. The minimum absolute atomic E-state index is 0.0262. The summed E-state index contributed by atoms with van der Waals surface area (Å²) in [7, 11) is -4.61. The normalized spacial score (nSPS) is 13.7. The van der Waals surface area contributed by atoms with Gasteiger partial charge >= 0.3 is 19.8 Å². The van der Waals surface area contributed by atoms with E-state index in [0.29, 0.717) is 6.61 Å². The van der Waals surface area contributed by atoms with Gasteiger partial charge in [-0.15, -0.1) is 0 Å². The summed E-state index contributed by atoms with van der Waals surface area (Å²) in [6.07, 6.45) is 47.3. The fraction of sp³-hybridized carbons (Fsp3) is 0.958. The molecule has 0 bridgehead atoms. The predicted octanol–water partition coefficient (Wildman–Crippen LogP) is 14.3. The van der Waals surface area contributed by atoms with Crippen LogP contribution in [0.5, 0.6) is 0 Å². The van der Waals surface area contributed by atoms with Gasteiger partial charge in [-0.05, 0) is 12.8 Å². The van der Waals surface area contributed by atoms with E-state index in [1.807, 2.05) is 0 Å². The third-order valence-electron chi connectivity index (χ3n) is 11.4. The second-order valence-electron chi connectivity index (χ2n) is 17.3. The zero-order valence-electron chi connectivity index (χ0n) is 38.6. The smallest absolute Gasteiger partial charge is 0.472 e. The molecule has 0 aromatic heterocycles. The monoisotopic (exact) mass is 862 g/mol. The Bertz CT molecular complexity index is 955. The van der Waals surface area contributed by atoms with Crippen LogP contribution in [-0.2, 0) is 32.7 Å². The van der Waals surface area contributed by atoms with E-state index in [2.05, 4.69) is 13.8 Å². The number of carbonyl (C=O) groups is 2. The number of ether oxygens (including phenoxy) is 2. The molecule has 10 nitrogen and oxygen atoms in total. The lowest BCUT2D eigenvalue weighted by atomic mass is 10.0. The number of phosphoric acid groups is 1. The Morgan fingerprint density at radius 3 is 1.12 bits per heavy atom. The Kier molecular flexibility index (Phi) is 44.2. The quantitative estimate of drug-likeness (QED) is 0.0306. The summed E-state index contributed by atoms with van der Waals surface area (Å²) >= 11 is 0. The van der Waals surface area contributed by atoms with Crippen LogP contribution in [-0.4, -0.2) is 60.5 Å². The van der Waals surface area contributed by atoms with E-state index >= 15 is 0 Å². The molecule has 0 amide bonds. The van der Waals surface area contributed by atoms with Crippen LogP contribution < -0.4 is 5.73 Å². The molecule has 0 spiro atoms. The van der Waals surface area contributed by atoms with Gasteiger partial charge in [-0.1, -0.05) is 239 Å². The fourth-order valence-corrected chi connectivity index (χ4v) is 8.27. The second kappa shape index (κ2) is 45.0. The topological polar surface area (TPSA) is 155 Å². The molecule has 4 N–H and O–H groups in total. The van der Waals surface area contributed by atoms with E-state index in [0.717, 1.165) is 38.5 Å². The first-order valence-corrected chi connectivity index (χ1v) is 26.6. The highest BCUT2D eigenvalue weighted by Gasteiger charge is 2.27. The maximum absolute atomic E-state index is 12.7. The zero-order chi connectivity index (χ0) is 43.3. The molecule has 59 heavy (non-hydrogen) atoms. The number of aliphatic carboxylic acids is 1. The molecule has 0 saturated carbocycles. The van der Waals surface area contributed by atoms with E-state index < -0.39 is 45.1 Å². The molecule has 0 aromatic carbocycles. The molecule has 3 unspecified atom stereocenters. The Labute approximate surface area is 363 Å². The third kappa shape index (κ3) is 44.8. The molecular weight excluding hydrogens is 765 g/mol. The van der Waals surface area contributed by atoms with Crippen LogP contribution in [0.2, 0.25) is 0 Å². The first-order chi connectivity index (χ1) is 28.7. The minimum atomic E-state index is -4.61. The van der Waals surface area contributed by atoms with Gasteiger partial charge in [0.05, 0.1) is 19.8 Å². The number of rotatable bonds is 49. The molecule has 352 valence electrons. The summed E-state index contributed by atoms with van der Waals surface area (Å²) in [5.74, 6) is -1.76. The van der Waals surface area contributed by atoms with Gasteiger partial charge in [-0.3, -0.25) is 18.6 Å². The van der Waals surface area contributed by atoms with Crippen LogP contribution in [0.4, 0.5) is 0 Å². The fourth-order valence-electron chi connectivity index (χ4n) is 7.49. The van der Waals surface area contributed by atoms with Crippen molar-refractivity contribution in [1.82, 2.24) is 0 Å². The van der Waals surface area contributed by atoms with Crippen molar-refractivity contribution in [2.75, 3.05) is 26.4 Å². The van der Waals surface area contributed by atoms with Crippen LogP contribution >= 0.6 is 7.82 Å². The Balaban J connectivity index is 4.04. The predicted molar refractivity (Wildman–Crippen MR) is 245 cm³/mol. The van der Waals surface area contributed by atoms with Gasteiger partial charge in [-0.25, -0.2) is 4.57 Å². The standard InChI is InChI=1S/C48H96NO9P/c1-3-5-7-9-11-13-15-17-19-20-21-22-23-24-25-26-27-29-31-33-35-37-39-41-55-42-45(43-56-59(53,54)57-44-46(49)48(51)52)58-47(50)40-38-36-34-32-30-28-18-16-14-12-10-8-6-4-2/h45-46H,3-44,49H2,1-2H3,(H,51,52)(H,53,54). The Morgan fingerprint density at radius 2 is 0.780 bits per heavy atom.